The molecule has 1 saturated heterocycles. The summed E-state index contributed by atoms with van der Waals surface area (Å²) in [6.07, 6.45) is 11.9. The van der Waals surface area contributed by atoms with E-state index in [1.54, 1.807) is 0 Å². The highest BCUT2D eigenvalue weighted by atomic mass is 32.1. The Hall–Kier alpha value is -1.76. The molecule has 1 heterocycles. The zero-order valence-corrected chi connectivity index (χ0v) is 30.2. The average Bonchev–Trinajstić information content (AvgIpc) is 3.31. The number of nitrogens with zero attached hydrogens (tertiary/aromatic N) is 1. The summed E-state index contributed by atoms with van der Waals surface area (Å²) in [4.78, 5) is 0. The minimum Gasteiger partial charge on any atom is -0.393 e. The summed E-state index contributed by atoms with van der Waals surface area (Å²) in [5.41, 5.74) is 13.4. The molecular weight excluding hydrogens is 575 g/mol. The molecule has 5 nitrogen and oxygen atoms in total. The molecule has 6 heteroatoms. The number of thiocarbonyl (C=S) groups is 1. The third kappa shape index (κ3) is 5.15. The quantitative estimate of drug-likeness (QED) is 0.230. The Balaban J connectivity index is 1.41. The first-order valence-corrected chi connectivity index (χ1v) is 18.1. The second-order valence-electron chi connectivity index (χ2n) is 17.9. The van der Waals surface area contributed by atoms with Crippen molar-refractivity contribution in [1.29, 1.82) is 0 Å². The second kappa shape index (κ2) is 10.9. The van der Waals surface area contributed by atoms with Crippen molar-refractivity contribution in [1.82, 2.24) is 5.43 Å². The third-order valence-electron chi connectivity index (χ3n) is 14.5. The Bertz CT molecular complexity index is 1400. The lowest BCUT2D eigenvalue weighted by Crippen LogP contribution is -2.66. The van der Waals surface area contributed by atoms with Gasteiger partial charge in [0, 0.05) is 5.41 Å². The summed E-state index contributed by atoms with van der Waals surface area (Å²) in [6, 6.07) is 8.77. The van der Waals surface area contributed by atoms with Crippen LogP contribution in [0.1, 0.15) is 124 Å². The van der Waals surface area contributed by atoms with E-state index in [1.165, 1.54) is 36.0 Å². The molecule has 5 aliphatic rings. The highest BCUT2D eigenvalue weighted by Crippen LogP contribution is 2.76. The first-order chi connectivity index (χ1) is 20.9. The van der Waals surface area contributed by atoms with Crippen molar-refractivity contribution in [3.8, 4) is 0 Å². The van der Waals surface area contributed by atoms with Crippen LogP contribution in [0.5, 0.6) is 0 Å². The molecule has 6 rings (SSSR count). The average molecular weight is 634 g/mol. The van der Waals surface area contributed by atoms with Gasteiger partial charge >= 0.3 is 0 Å². The zero-order chi connectivity index (χ0) is 32.8. The van der Waals surface area contributed by atoms with Gasteiger partial charge in [0.15, 0.2) is 5.11 Å². The normalized spacial score (nSPS) is 45.4. The number of aryl methyl sites for hydroxylation is 1. The number of aliphatic hydroxyl groups excluding tert-OH is 1. The number of aliphatic hydroxyl groups is 1. The fraction of sp³-hybridized carbons (Fsp3) is 0.744. The Morgan fingerprint density at radius 1 is 0.956 bits per heavy atom. The SMILES string of the molecule is Cc1ccc(/C=C2\C[C@]3(C)[C@H]4C[C@@H](O)[C@@H]5[C@@H]([C@@]6(C)CCCC(C)(C)O6)CC[C@@]5(C)[C@]4(C)CC[C@H]3C(C)(C)\C2=N\NC(N)=S)cc1. The minimum absolute atomic E-state index is 0.00948. The molecule has 4 saturated carbocycles. The summed E-state index contributed by atoms with van der Waals surface area (Å²) in [7, 11) is 0. The molecule has 0 unspecified atom stereocenters. The van der Waals surface area contributed by atoms with E-state index < -0.39 is 0 Å². The van der Waals surface area contributed by atoms with Crippen LogP contribution in [0.3, 0.4) is 0 Å². The number of allylic oxidation sites excluding steroid dienone is 1. The molecule has 4 N–H and O–H groups in total. The fourth-order valence-electron chi connectivity index (χ4n) is 12.5. The maximum Gasteiger partial charge on any atom is 0.184 e. The number of nitrogens with one attached hydrogen (secondary N) is 1. The van der Waals surface area contributed by atoms with Gasteiger partial charge in [-0.1, -0.05) is 64.4 Å². The van der Waals surface area contributed by atoms with Crippen molar-refractivity contribution >= 4 is 29.1 Å². The van der Waals surface area contributed by atoms with E-state index in [2.05, 4.69) is 98.1 Å². The Kier molecular flexibility index (Phi) is 8.02. The second-order valence-corrected chi connectivity index (χ2v) is 18.3. The molecule has 248 valence electrons. The third-order valence-corrected chi connectivity index (χ3v) is 14.5. The number of hydrogen-bond donors (Lipinski definition) is 3. The number of benzene rings is 1. The van der Waals surface area contributed by atoms with E-state index in [-0.39, 0.29) is 50.0 Å². The molecule has 0 amide bonds. The Morgan fingerprint density at radius 2 is 1.62 bits per heavy atom. The van der Waals surface area contributed by atoms with E-state index in [1.807, 2.05) is 0 Å². The maximum absolute atomic E-state index is 12.4. The summed E-state index contributed by atoms with van der Waals surface area (Å²) in [6.45, 7) is 21.5. The Labute approximate surface area is 278 Å². The molecule has 1 aliphatic heterocycles. The lowest BCUT2D eigenvalue weighted by atomic mass is 9.34. The van der Waals surface area contributed by atoms with Crippen LogP contribution >= 0.6 is 12.2 Å². The molecule has 1 aromatic rings. The van der Waals surface area contributed by atoms with Crippen LogP contribution in [0.4, 0.5) is 0 Å². The molecule has 9 atom stereocenters. The van der Waals surface area contributed by atoms with Gasteiger partial charge in [-0.05, 0) is 155 Å². The van der Waals surface area contributed by atoms with Crippen LogP contribution in [0, 0.1) is 52.3 Å². The van der Waals surface area contributed by atoms with Gasteiger partial charge in [-0.3, -0.25) is 5.43 Å². The fourth-order valence-corrected chi connectivity index (χ4v) is 12.5. The van der Waals surface area contributed by atoms with Crippen molar-refractivity contribution in [3.63, 3.8) is 0 Å². The van der Waals surface area contributed by atoms with E-state index >= 15 is 0 Å². The number of hydrogen-bond acceptors (Lipinski definition) is 4. The molecule has 0 aromatic heterocycles. The topological polar surface area (TPSA) is 79.9 Å². The standard InChI is InChI=1S/C39H59N3O2S/c1-24-11-13-25(14-12-24)21-26-23-36(6)29(35(4,5)32(26)41-42-33(40)45)16-20-37(7)30(36)22-28(43)31-27(15-19-38(31,37)8)39(9)18-10-17-34(2,3)44-39/h11-14,21,27-31,43H,10,15-20,22-23H2,1-9H3,(H3,40,42,45)/b26-21+,41-32+/t27-,28+,29-,30+,31-,36-,37+,38+,39+/m0/s1. The molecule has 0 bridgehead atoms. The Morgan fingerprint density at radius 3 is 2.27 bits per heavy atom. The van der Waals surface area contributed by atoms with Crippen molar-refractivity contribution in [2.45, 2.75) is 137 Å². The number of hydrazone groups is 1. The van der Waals surface area contributed by atoms with Crippen LogP contribution in [-0.2, 0) is 4.74 Å². The number of ether oxygens (including phenoxy) is 1. The van der Waals surface area contributed by atoms with Gasteiger partial charge < -0.3 is 15.6 Å². The van der Waals surface area contributed by atoms with Gasteiger partial charge in [0.1, 0.15) is 0 Å². The van der Waals surface area contributed by atoms with Crippen LogP contribution in [0.25, 0.3) is 6.08 Å². The lowest BCUT2D eigenvalue weighted by Gasteiger charge is -2.70. The molecule has 0 spiro atoms. The number of rotatable bonds is 3. The molecule has 0 radical (unpaired) electrons. The summed E-state index contributed by atoms with van der Waals surface area (Å²) in [5.74, 6) is 1.49. The van der Waals surface area contributed by atoms with Gasteiger partial charge in [-0.25, -0.2) is 0 Å². The van der Waals surface area contributed by atoms with Crippen molar-refractivity contribution in [3.05, 3.63) is 41.0 Å². The van der Waals surface area contributed by atoms with Crippen LogP contribution in [0.2, 0.25) is 0 Å². The monoisotopic (exact) mass is 633 g/mol. The lowest BCUT2D eigenvalue weighted by molar-refractivity contribution is -0.243. The van der Waals surface area contributed by atoms with Gasteiger partial charge in [0.05, 0.1) is 23.0 Å². The van der Waals surface area contributed by atoms with E-state index in [9.17, 15) is 5.11 Å². The van der Waals surface area contributed by atoms with Crippen LogP contribution in [-0.4, -0.2) is 33.2 Å². The summed E-state index contributed by atoms with van der Waals surface area (Å²) < 4.78 is 6.96. The predicted molar refractivity (Wildman–Crippen MR) is 190 cm³/mol. The van der Waals surface area contributed by atoms with Crippen molar-refractivity contribution in [2.24, 2.45) is 56.2 Å². The smallest absolute Gasteiger partial charge is 0.184 e. The summed E-state index contributed by atoms with van der Waals surface area (Å²) in [5, 5.41) is 17.5. The molecule has 5 fully saturated rings. The van der Waals surface area contributed by atoms with Gasteiger partial charge in [-0.2, -0.15) is 5.10 Å². The highest BCUT2D eigenvalue weighted by molar-refractivity contribution is 7.80. The van der Waals surface area contributed by atoms with Crippen molar-refractivity contribution in [2.75, 3.05) is 0 Å². The van der Waals surface area contributed by atoms with E-state index in [4.69, 9.17) is 27.8 Å². The largest absolute Gasteiger partial charge is 0.393 e. The highest BCUT2D eigenvalue weighted by Gasteiger charge is 2.72. The molecule has 4 aliphatic carbocycles. The van der Waals surface area contributed by atoms with E-state index in [0.29, 0.717) is 17.8 Å². The number of fused-ring (bicyclic) bond motifs is 5. The minimum atomic E-state index is -0.319. The first kappa shape index (κ1) is 33.2. The zero-order valence-electron chi connectivity index (χ0n) is 29.4. The molecule has 1 aromatic carbocycles. The molecule has 45 heavy (non-hydrogen) atoms. The van der Waals surface area contributed by atoms with Gasteiger partial charge in [-0.15, -0.1) is 0 Å². The van der Waals surface area contributed by atoms with Crippen LogP contribution in [0.15, 0.2) is 34.9 Å². The summed E-state index contributed by atoms with van der Waals surface area (Å²) >= 11 is 5.20. The van der Waals surface area contributed by atoms with E-state index in [0.717, 1.165) is 44.2 Å². The molecular formula is C39H59N3O2S. The van der Waals surface area contributed by atoms with Gasteiger partial charge in [0.2, 0.25) is 0 Å². The van der Waals surface area contributed by atoms with Gasteiger partial charge in [0.25, 0.3) is 0 Å². The van der Waals surface area contributed by atoms with Crippen molar-refractivity contribution < 1.29 is 9.84 Å². The predicted octanol–water partition coefficient (Wildman–Crippen LogP) is 8.57. The number of nitrogens with two attached hydrogens (primary N) is 1. The first-order valence-electron chi connectivity index (χ1n) is 17.7. The maximum atomic E-state index is 12.4. The van der Waals surface area contributed by atoms with Crippen LogP contribution < -0.4 is 11.2 Å².